The van der Waals surface area contributed by atoms with Crippen LogP contribution in [0.4, 0.5) is 22.0 Å². The number of phenols is 1. The Kier molecular flexibility index (Phi) is 9.97. The molecule has 2 aromatic carbocycles. The van der Waals surface area contributed by atoms with E-state index in [0.717, 1.165) is 37.8 Å². The van der Waals surface area contributed by atoms with E-state index in [1.54, 1.807) is 6.07 Å². The summed E-state index contributed by atoms with van der Waals surface area (Å²) in [6.45, 7) is 2.68. The Morgan fingerprint density at radius 2 is 1.70 bits per heavy atom. The van der Waals surface area contributed by atoms with E-state index < -0.39 is 40.5 Å². The molecule has 0 heterocycles. The van der Waals surface area contributed by atoms with E-state index in [-0.39, 0.29) is 23.5 Å². The number of nitrogens with zero attached hydrogens (tertiary/aromatic N) is 1. The number of unbranched alkanes of at least 4 members (excludes halogenated alkanes) is 2. The summed E-state index contributed by atoms with van der Waals surface area (Å²) in [6.07, 6.45) is -1.64. The Bertz CT molecular complexity index is 1510. The monoisotopic (exact) mass is 670 g/mol. The second-order valence-corrected chi connectivity index (χ2v) is 15.8. The van der Waals surface area contributed by atoms with Crippen molar-refractivity contribution in [3.05, 3.63) is 59.2 Å². The molecule has 46 heavy (non-hydrogen) atoms. The smallest absolute Gasteiger partial charge is 0.453 e. The molecule has 0 radical (unpaired) electrons. The van der Waals surface area contributed by atoms with Crippen LogP contribution in [0.25, 0.3) is 0 Å². The molecule has 0 aliphatic heterocycles. The summed E-state index contributed by atoms with van der Waals surface area (Å²) in [5, 5.41) is 14.4. The summed E-state index contributed by atoms with van der Waals surface area (Å²) in [6, 6.07) is 13.9. The summed E-state index contributed by atoms with van der Waals surface area (Å²) in [5.41, 5.74) is 4.79. The van der Waals surface area contributed by atoms with Gasteiger partial charge in [0, 0.05) is 17.5 Å². The van der Waals surface area contributed by atoms with Gasteiger partial charge < -0.3 is 15.7 Å². The van der Waals surface area contributed by atoms with Gasteiger partial charge in [-0.05, 0) is 122 Å². The van der Waals surface area contributed by atoms with Gasteiger partial charge in [-0.2, -0.15) is 27.1 Å². The van der Waals surface area contributed by atoms with Gasteiger partial charge in [-0.25, -0.2) is 8.42 Å². The lowest BCUT2D eigenvalue weighted by Gasteiger charge is -2.53. The third-order valence-corrected chi connectivity index (χ3v) is 12.5. The predicted molar refractivity (Wildman–Crippen MR) is 167 cm³/mol. The van der Waals surface area contributed by atoms with Gasteiger partial charge in [0.15, 0.2) is 0 Å². The van der Waals surface area contributed by atoms with E-state index in [1.807, 2.05) is 18.2 Å². The number of aromatic hydroxyl groups is 1. The standard InChI is InChI=1S/C34H43F5N2O4S/c1-32-21-28(31-26-13-9-24(42)20-23(26)8-12-27(31)29(32)14-15-30(32)41-40)22-6-10-25(11-7-22)45-17-3-2-4-18-46(43,44)19-5-16-33(35,36)34(37,38)39/h6-7,9-11,13,20,27-29,31,42H,2-5,8,12,14-19,21,40H2,1H3/t27-,28+,29-,31+,32-/m0/s1. The molecule has 0 bridgehead atoms. The van der Waals surface area contributed by atoms with E-state index in [1.165, 1.54) is 16.7 Å². The number of aryl methyl sites for hydroxylation is 1. The summed E-state index contributed by atoms with van der Waals surface area (Å²) >= 11 is 0. The molecule has 5 atom stereocenters. The maximum atomic E-state index is 13.0. The average Bonchev–Trinajstić information content (AvgIpc) is 3.33. The molecule has 0 unspecified atom stereocenters. The highest BCUT2D eigenvalue weighted by atomic mass is 32.2. The van der Waals surface area contributed by atoms with Crippen molar-refractivity contribution in [2.45, 2.75) is 95.1 Å². The Balaban J connectivity index is 1.16. The first-order chi connectivity index (χ1) is 21.6. The zero-order valence-corrected chi connectivity index (χ0v) is 26.9. The van der Waals surface area contributed by atoms with Gasteiger partial charge in [0.2, 0.25) is 0 Å². The fourth-order valence-corrected chi connectivity index (χ4v) is 9.81. The zero-order valence-electron chi connectivity index (χ0n) is 26.0. The van der Waals surface area contributed by atoms with Crippen LogP contribution in [0.3, 0.4) is 0 Å². The Labute approximate surface area is 267 Å². The van der Waals surface area contributed by atoms with Crippen molar-refractivity contribution >= 4 is 15.5 Å². The SMILES string of the molecule is C[C@]12C[C@H](c3ccc(OCCCCCS(=O)(=O)CCCC(F)(F)C(F)(F)F)cc3)[C@@H]3c4ccc(O)cc4CC[C@H]3[C@@H]1CCC2=NN. The molecule has 2 saturated carbocycles. The first-order valence-electron chi connectivity index (χ1n) is 16.1. The molecule has 2 fully saturated rings. The molecule has 3 N–H and O–H groups in total. The first kappa shape index (κ1) is 34.4. The van der Waals surface area contributed by atoms with E-state index in [0.29, 0.717) is 48.7 Å². The second-order valence-electron chi connectivity index (χ2n) is 13.5. The Hall–Kier alpha value is -2.89. The van der Waals surface area contributed by atoms with Crippen molar-refractivity contribution in [1.82, 2.24) is 0 Å². The van der Waals surface area contributed by atoms with Gasteiger partial charge in [-0.3, -0.25) is 0 Å². The lowest BCUT2D eigenvalue weighted by molar-refractivity contribution is -0.284. The van der Waals surface area contributed by atoms with Crippen molar-refractivity contribution in [2.75, 3.05) is 18.1 Å². The number of hydrogen-bond donors (Lipinski definition) is 2. The summed E-state index contributed by atoms with van der Waals surface area (Å²) in [4.78, 5) is 0. The van der Waals surface area contributed by atoms with Gasteiger partial charge in [0.05, 0.1) is 18.1 Å². The number of sulfone groups is 1. The maximum absolute atomic E-state index is 13.0. The molecule has 3 aliphatic rings. The lowest BCUT2D eigenvalue weighted by atomic mass is 9.51. The fraction of sp³-hybridized carbons (Fsp3) is 0.618. The highest BCUT2D eigenvalue weighted by Gasteiger charge is 2.58. The van der Waals surface area contributed by atoms with Crippen molar-refractivity contribution < 1.29 is 40.2 Å². The minimum absolute atomic E-state index is 0.0637. The van der Waals surface area contributed by atoms with Gasteiger partial charge >= 0.3 is 12.1 Å². The molecule has 0 spiro atoms. The lowest BCUT2D eigenvalue weighted by Crippen LogP contribution is -2.46. The van der Waals surface area contributed by atoms with E-state index in [4.69, 9.17) is 10.6 Å². The van der Waals surface area contributed by atoms with Crippen molar-refractivity contribution in [2.24, 2.45) is 28.2 Å². The molecule has 3 aliphatic carbocycles. The van der Waals surface area contributed by atoms with E-state index in [2.05, 4.69) is 30.2 Å². The van der Waals surface area contributed by atoms with E-state index in [9.17, 15) is 35.5 Å². The minimum Gasteiger partial charge on any atom is -0.508 e. The topological polar surface area (TPSA) is 102 Å². The number of hydrazone groups is 1. The number of alkyl halides is 5. The first-order valence-corrected chi connectivity index (χ1v) is 17.9. The highest BCUT2D eigenvalue weighted by molar-refractivity contribution is 7.91. The molecule has 254 valence electrons. The molecule has 2 aromatic rings. The largest absolute Gasteiger partial charge is 0.508 e. The van der Waals surface area contributed by atoms with Gasteiger partial charge in [0.1, 0.15) is 21.3 Å². The molecule has 6 nitrogen and oxygen atoms in total. The number of rotatable bonds is 12. The highest BCUT2D eigenvalue weighted by Crippen LogP contribution is 2.64. The van der Waals surface area contributed by atoms with Crippen LogP contribution in [0.15, 0.2) is 47.6 Å². The fourth-order valence-electron chi connectivity index (χ4n) is 8.38. The predicted octanol–water partition coefficient (Wildman–Crippen LogP) is 7.90. The van der Waals surface area contributed by atoms with Gasteiger partial charge in [-0.15, -0.1) is 0 Å². The van der Waals surface area contributed by atoms with Gasteiger partial charge in [-0.1, -0.05) is 25.1 Å². The van der Waals surface area contributed by atoms with Crippen LogP contribution >= 0.6 is 0 Å². The van der Waals surface area contributed by atoms with Crippen molar-refractivity contribution in [1.29, 1.82) is 0 Å². The van der Waals surface area contributed by atoms with Crippen LogP contribution in [0.1, 0.15) is 93.2 Å². The number of phenolic OH excluding ortho intramolecular Hbond substituents is 1. The third kappa shape index (κ3) is 7.16. The quantitative estimate of drug-likeness (QED) is 0.104. The maximum Gasteiger partial charge on any atom is 0.453 e. The number of benzene rings is 2. The number of nitrogens with two attached hydrogens (primary N) is 1. The van der Waals surface area contributed by atoms with Crippen molar-refractivity contribution in [3.63, 3.8) is 0 Å². The van der Waals surface area contributed by atoms with Crippen LogP contribution in [0, 0.1) is 17.3 Å². The van der Waals surface area contributed by atoms with Crippen LogP contribution in [0.5, 0.6) is 11.5 Å². The average molecular weight is 671 g/mol. The number of fused-ring (bicyclic) bond motifs is 5. The van der Waals surface area contributed by atoms with Crippen LogP contribution < -0.4 is 10.6 Å². The molecule has 5 rings (SSSR count). The summed E-state index contributed by atoms with van der Waals surface area (Å²) in [5.74, 6) is 2.59. The second kappa shape index (κ2) is 13.3. The molecule has 0 amide bonds. The third-order valence-electron chi connectivity index (χ3n) is 10.7. The van der Waals surface area contributed by atoms with Crippen LogP contribution in [-0.4, -0.2) is 49.4 Å². The molecular weight excluding hydrogens is 627 g/mol. The number of halogens is 5. The molecule has 12 heteroatoms. The number of ether oxygens (including phenoxy) is 1. The molecular formula is C34H43F5N2O4S. The van der Waals surface area contributed by atoms with E-state index >= 15 is 0 Å². The Morgan fingerprint density at radius 3 is 2.39 bits per heavy atom. The normalized spacial score (nSPS) is 27.2. The Morgan fingerprint density at radius 1 is 0.978 bits per heavy atom. The van der Waals surface area contributed by atoms with Crippen molar-refractivity contribution in [3.8, 4) is 11.5 Å². The summed E-state index contributed by atoms with van der Waals surface area (Å²) in [7, 11) is -3.72. The van der Waals surface area contributed by atoms with Crippen LogP contribution in [-0.2, 0) is 16.3 Å². The van der Waals surface area contributed by atoms with Crippen LogP contribution in [0.2, 0.25) is 0 Å². The number of hydrogen-bond acceptors (Lipinski definition) is 6. The zero-order chi connectivity index (χ0) is 33.3. The minimum atomic E-state index is -5.68. The molecule has 0 saturated heterocycles. The van der Waals surface area contributed by atoms with Gasteiger partial charge in [0.25, 0.3) is 0 Å². The molecule has 0 aromatic heterocycles. The summed E-state index contributed by atoms with van der Waals surface area (Å²) < 4.78 is 93.0.